The molecule has 2 nitrogen and oxygen atoms in total. The first-order chi connectivity index (χ1) is 8.96. The van der Waals surface area contributed by atoms with E-state index in [1.165, 1.54) is 12.8 Å². The molecule has 1 aliphatic rings. The van der Waals surface area contributed by atoms with Gasteiger partial charge in [-0.3, -0.25) is 4.90 Å². The third-order valence-corrected chi connectivity index (χ3v) is 3.46. The van der Waals surface area contributed by atoms with Crippen molar-refractivity contribution in [2.45, 2.75) is 38.3 Å². The van der Waals surface area contributed by atoms with E-state index in [2.05, 4.69) is 16.7 Å². The van der Waals surface area contributed by atoms with Crippen molar-refractivity contribution in [2.24, 2.45) is 0 Å². The van der Waals surface area contributed by atoms with E-state index in [1.54, 1.807) is 13.8 Å². The Hall–Kier alpha value is -1.01. The van der Waals surface area contributed by atoms with E-state index in [9.17, 15) is 5.11 Å². The monoisotopic (exact) mass is 277 g/mol. The van der Waals surface area contributed by atoms with Crippen LogP contribution in [0.15, 0.2) is 24.3 Å². The van der Waals surface area contributed by atoms with Gasteiger partial charge in [0.15, 0.2) is 0 Å². The largest absolute Gasteiger partial charge is 0.378 e. The Labute approximate surface area is 120 Å². The molecule has 1 aromatic rings. The Kier molecular flexibility index (Phi) is 4.52. The molecule has 1 atom stereocenters. The Morgan fingerprint density at radius 3 is 2.32 bits per heavy atom. The van der Waals surface area contributed by atoms with E-state index < -0.39 is 5.60 Å². The van der Waals surface area contributed by atoms with Gasteiger partial charge in [-0.15, -0.1) is 0 Å². The molecule has 1 saturated heterocycles. The summed E-state index contributed by atoms with van der Waals surface area (Å²) in [5.41, 5.74) is 0.188. The summed E-state index contributed by atoms with van der Waals surface area (Å²) in [4.78, 5) is 2.36. The number of nitrogens with zero attached hydrogens (tertiary/aromatic N) is 1. The standard InChI is InChI=1S/C16H20ClNO/c1-16(2,19)10-9-15(18-11-3-4-12-18)13-5-7-14(17)8-6-13/h5-8,15,19H,3-4,11-12H2,1-2H3/t15-/m1/s1. The van der Waals surface area contributed by atoms with Gasteiger partial charge < -0.3 is 5.11 Å². The van der Waals surface area contributed by atoms with Gasteiger partial charge in [-0.25, -0.2) is 0 Å². The molecule has 0 unspecified atom stereocenters. The van der Waals surface area contributed by atoms with Crippen LogP contribution in [0.5, 0.6) is 0 Å². The lowest BCUT2D eigenvalue weighted by molar-refractivity contribution is 0.143. The second-order valence-electron chi connectivity index (χ2n) is 5.53. The highest BCUT2D eigenvalue weighted by Crippen LogP contribution is 2.25. The molecule has 19 heavy (non-hydrogen) atoms. The van der Waals surface area contributed by atoms with Crippen molar-refractivity contribution in [1.82, 2.24) is 4.90 Å². The van der Waals surface area contributed by atoms with Crippen molar-refractivity contribution in [2.75, 3.05) is 13.1 Å². The molecule has 1 aromatic carbocycles. The molecular weight excluding hydrogens is 258 g/mol. The highest BCUT2D eigenvalue weighted by Gasteiger charge is 2.22. The molecule has 1 fully saturated rings. The Bertz CT molecular complexity index is 472. The molecule has 3 heteroatoms. The van der Waals surface area contributed by atoms with Gasteiger partial charge >= 0.3 is 0 Å². The quantitative estimate of drug-likeness (QED) is 0.839. The third-order valence-electron chi connectivity index (χ3n) is 3.21. The molecule has 0 radical (unpaired) electrons. The first-order valence-corrected chi connectivity index (χ1v) is 7.08. The van der Waals surface area contributed by atoms with Gasteiger partial charge in [-0.2, -0.15) is 0 Å². The number of hydrogen-bond donors (Lipinski definition) is 1. The maximum absolute atomic E-state index is 9.79. The number of rotatable bonds is 2. The Balaban J connectivity index is 2.27. The van der Waals surface area contributed by atoms with Gasteiger partial charge in [0, 0.05) is 5.02 Å². The van der Waals surface area contributed by atoms with E-state index in [-0.39, 0.29) is 6.04 Å². The Morgan fingerprint density at radius 2 is 1.79 bits per heavy atom. The predicted molar refractivity (Wildman–Crippen MR) is 79.1 cm³/mol. The van der Waals surface area contributed by atoms with Gasteiger partial charge in [-0.1, -0.05) is 35.6 Å². The van der Waals surface area contributed by atoms with Crippen molar-refractivity contribution in [3.05, 3.63) is 34.9 Å². The van der Waals surface area contributed by atoms with Crippen LogP contribution in [-0.2, 0) is 0 Å². The van der Waals surface area contributed by atoms with Gasteiger partial charge in [0.2, 0.25) is 0 Å². The number of likely N-dealkylation sites (tertiary alicyclic amines) is 1. The van der Waals surface area contributed by atoms with Crippen LogP contribution in [0.3, 0.4) is 0 Å². The molecule has 0 bridgehead atoms. The second kappa shape index (κ2) is 5.96. The van der Waals surface area contributed by atoms with Gasteiger partial charge in [0.25, 0.3) is 0 Å². The van der Waals surface area contributed by atoms with Gasteiger partial charge in [0.05, 0.1) is 6.04 Å². The maximum Gasteiger partial charge on any atom is 0.120 e. The summed E-state index contributed by atoms with van der Waals surface area (Å²) >= 11 is 5.94. The van der Waals surface area contributed by atoms with Crippen molar-refractivity contribution in [3.63, 3.8) is 0 Å². The highest BCUT2D eigenvalue weighted by atomic mass is 35.5. The second-order valence-corrected chi connectivity index (χ2v) is 5.96. The number of aliphatic hydroxyl groups is 1. The summed E-state index contributed by atoms with van der Waals surface area (Å²) in [5, 5.41) is 10.5. The molecular formula is C16H20ClNO. The van der Waals surface area contributed by atoms with Crippen LogP contribution in [0, 0.1) is 11.8 Å². The highest BCUT2D eigenvalue weighted by molar-refractivity contribution is 6.30. The first kappa shape index (κ1) is 14.4. The molecule has 0 saturated carbocycles. The van der Waals surface area contributed by atoms with E-state index in [0.717, 1.165) is 23.7 Å². The molecule has 1 N–H and O–H groups in total. The lowest BCUT2D eigenvalue weighted by atomic mass is 10.0. The summed E-state index contributed by atoms with van der Waals surface area (Å²) in [6.07, 6.45) is 2.43. The molecule has 0 aromatic heterocycles. The fraction of sp³-hybridized carbons (Fsp3) is 0.500. The van der Waals surface area contributed by atoms with Crippen LogP contribution in [-0.4, -0.2) is 28.7 Å². The molecule has 1 heterocycles. The zero-order chi connectivity index (χ0) is 13.9. The third kappa shape index (κ3) is 4.24. The smallest absolute Gasteiger partial charge is 0.120 e. The van der Waals surface area contributed by atoms with Gasteiger partial charge in [0.1, 0.15) is 5.60 Å². The minimum absolute atomic E-state index is 0.0474. The van der Waals surface area contributed by atoms with Crippen LogP contribution in [0.1, 0.15) is 38.3 Å². The average molecular weight is 278 g/mol. The van der Waals surface area contributed by atoms with Crippen LogP contribution in [0.25, 0.3) is 0 Å². The average Bonchev–Trinajstić information content (AvgIpc) is 2.84. The van der Waals surface area contributed by atoms with Crippen molar-refractivity contribution < 1.29 is 5.11 Å². The zero-order valence-corrected chi connectivity index (χ0v) is 12.2. The number of benzene rings is 1. The normalized spacial score (nSPS) is 17.9. The van der Waals surface area contributed by atoms with Crippen LogP contribution >= 0.6 is 11.6 Å². The van der Waals surface area contributed by atoms with Crippen LogP contribution in [0.2, 0.25) is 5.02 Å². The summed E-state index contributed by atoms with van der Waals surface area (Å²) in [5.74, 6) is 6.16. The van der Waals surface area contributed by atoms with Crippen LogP contribution in [0.4, 0.5) is 0 Å². The van der Waals surface area contributed by atoms with Crippen molar-refractivity contribution >= 4 is 11.6 Å². The van der Waals surface area contributed by atoms with Gasteiger partial charge in [-0.05, 0) is 57.5 Å². The predicted octanol–water partition coefficient (Wildman–Crippen LogP) is 3.25. The topological polar surface area (TPSA) is 23.5 Å². The van der Waals surface area contributed by atoms with Crippen LogP contribution < -0.4 is 0 Å². The number of halogens is 1. The molecule has 0 amide bonds. The van der Waals surface area contributed by atoms with Crippen molar-refractivity contribution in [1.29, 1.82) is 0 Å². The first-order valence-electron chi connectivity index (χ1n) is 6.70. The lowest BCUT2D eigenvalue weighted by Crippen LogP contribution is -2.25. The maximum atomic E-state index is 9.79. The minimum atomic E-state index is -0.954. The number of hydrogen-bond acceptors (Lipinski definition) is 2. The summed E-state index contributed by atoms with van der Waals surface area (Å²) in [6.45, 7) is 5.55. The Morgan fingerprint density at radius 1 is 1.21 bits per heavy atom. The minimum Gasteiger partial charge on any atom is -0.378 e. The van der Waals surface area contributed by atoms with Crippen molar-refractivity contribution in [3.8, 4) is 11.8 Å². The van der Waals surface area contributed by atoms with E-state index in [1.807, 2.05) is 24.3 Å². The molecule has 2 rings (SSSR count). The fourth-order valence-electron chi connectivity index (χ4n) is 2.28. The summed E-state index contributed by atoms with van der Waals surface area (Å²) in [7, 11) is 0. The summed E-state index contributed by atoms with van der Waals surface area (Å²) in [6, 6.07) is 7.87. The molecule has 0 aliphatic carbocycles. The van der Waals surface area contributed by atoms with E-state index in [0.29, 0.717) is 0 Å². The zero-order valence-electron chi connectivity index (χ0n) is 11.5. The summed E-state index contributed by atoms with van der Waals surface area (Å²) < 4.78 is 0. The molecule has 0 spiro atoms. The SMILES string of the molecule is CC(C)(O)C#C[C@H](c1ccc(Cl)cc1)N1CCCC1. The van der Waals surface area contributed by atoms with E-state index in [4.69, 9.17) is 11.6 Å². The fourth-order valence-corrected chi connectivity index (χ4v) is 2.40. The molecule has 1 aliphatic heterocycles. The van der Waals surface area contributed by atoms with E-state index >= 15 is 0 Å². The lowest BCUT2D eigenvalue weighted by Gasteiger charge is -2.23. The molecule has 102 valence electrons.